The van der Waals surface area contributed by atoms with Crippen molar-refractivity contribution in [3.63, 3.8) is 0 Å². The molecule has 0 saturated carbocycles. The standard InChI is InChI=1S/C27H41FN6O/c1-6-19(7-2)27(35)30-24(20-8-11-25(28)29-16-20)12-13-33-21-9-10-22(33)15-23(14-21)34-18(5)31-32-26(34)17(3)4/h8,11,16-17,19,21-24H,6-7,9-10,12-15H2,1-5H3,(H,30,35)/t21?,22?,23?,24-/m0/s1. The summed E-state index contributed by atoms with van der Waals surface area (Å²) in [5.41, 5.74) is 0.870. The van der Waals surface area contributed by atoms with Crippen molar-refractivity contribution in [2.45, 2.75) is 110 Å². The van der Waals surface area contributed by atoms with E-state index in [9.17, 15) is 9.18 Å². The molecule has 2 bridgehead atoms. The fourth-order valence-electron chi connectivity index (χ4n) is 6.19. The molecule has 7 nitrogen and oxygen atoms in total. The predicted molar refractivity (Wildman–Crippen MR) is 134 cm³/mol. The number of aromatic nitrogens is 4. The minimum atomic E-state index is -0.496. The van der Waals surface area contributed by atoms with E-state index in [2.05, 4.69) is 50.7 Å². The van der Waals surface area contributed by atoms with Gasteiger partial charge in [0.25, 0.3) is 0 Å². The third-order valence-electron chi connectivity index (χ3n) is 8.14. The Morgan fingerprint density at radius 1 is 1.11 bits per heavy atom. The molecule has 4 heterocycles. The number of carbonyl (C=O) groups excluding carboxylic acids is 1. The third kappa shape index (κ3) is 5.57. The molecule has 0 aliphatic carbocycles. The number of amides is 1. The molecule has 0 aromatic carbocycles. The first-order valence-corrected chi connectivity index (χ1v) is 13.4. The molecule has 2 aromatic rings. The van der Waals surface area contributed by atoms with Gasteiger partial charge in [-0.1, -0.05) is 33.8 Å². The van der Waals surface area contributed by atoms with Crippen molar-refractivity contribution >= 4 is 5.91 Å². The van der Waals surface area contributed by atoms with Crippen LogP contribution in [-0.4, -0.2) is 49.2 Å². The van der Waals surface area contributed by atoms with Gasteiger partial charge in [-0.3, -0.25) is 9.69 Å². The second kappa shape index (κ2) is 11.1. The van der Waals surface area contributed by atoms with Crippen molar-refractivity contribution in [2.75, 3.05) is 6.54 Å². The number of rotatable bonds is 10. The Morgan fingerprint density at radius 3 is 2.37 bits per heavy atom. The van der Waals surface area contributed by atoms with Crippen molar-refractivity contribution in [3.8, 4) is 0 Å². The van der Waals surface area contributed by atoms with Gasteiger partial charge in [-0.15, -0.1) is 10.2 Å². The number of piperidine rings is 1. The molecule has 35 heavy (non-hydrogen) atoms. The molecule has 2 aromatic heterocycles. The van der Waals surface area contributed by atoms with Gasteiger partial charge in [-0.2, -0.15) is 4.39 Å². The maximum absolute atomic E-state index is 13.5. The lowest BCUT2D eigenvalue weighted by atomic mass is 9.95. The van der Waals surface area contributed by atoms with Gasteiger partial charge in [0.15, 0.2) is 0 Å². The summed E-state index contributed by atoms with van der Waals surface area (Å²) in [6.07, 6.45) is 8.63. The first-order chi connectivity index (χ1) is 16.8. The highest BCUT2D eigenvalue weighted by Crippen LogP contribution is 2.42. The van der Waals surface area contributed by atoms with Gasteiger partial charge in [-0.25, -0.2) is 4.98 Å². The average Bonchev–Trinajstić information content (AvgIpc) is 3.33. The van der Waals surface area contributed by atoms with Crippen molar-refractivity contribution < 1.29 is 9.18 Å². The van der Waals surface area contributed by atoms with Crippen LogP contribution in [0.1, 0.15) is 108 Å². The minimum Gasteiger partial charge on any atom is -0.349 e. The van der Waals surface area contributed by atoms with Crippen molar-refractivity contribution in [2.24, 2.45) is 5.92 Å². The van der Waals surface area contributed by atoms with Crippen LogP contribution in [0.4, 0.5) is 4.39 Å². The Kier molecular flexibility index (Phi) is 8.19. The van der Waals surface area contributed by atoms with E-state index in [-0.39, 0.29) is 17.9 Å². The first-order valence-electron chi connectivity index (χ1n) is 13.4. The SMILES string of the molecule is CCC(CC)C(=O)N[C@@H](CCN1C2CCC1CC(n1c(C)nnc1C(C)C)C2)c1ccc(F)nc1. The number of nitrogens with one attached hydrogen (secondary N) is 1. The molecule has 4 rings (SSSR count). The summed E-state index contributed by atoms with van der Waals surface area (Å²) < 4.78 is 15.9. The molecule has 1 N–H and O–H groups in total. The third-order valence-corrected chi connectivity index (χ3v) is 8.14. The summed E-state index contributed by atoms with van der Waals surface area (Å²) in [4.78, 5) is 19.4. The number of pyridine rings is 1. The Balaban J connectivity index is 1.45. The lowest BCUT2D eigenvalue weighted by Crippen LogP contribution is -2.45. The molecule has 3 atom stereocenters. The average molecular weight is 485 g/mol. The largest absolute Gasteiger partial charge is 0.349 e. The van der Waals surface area contributed by atoms with Gasteiger partial charge in [0.05, 0.1) is 6.04 Å². The highest BCUT2D eigenvalue weighted by molar-refractivity contribution is 5.79. The second-order valence-corrected chi connectivity index (χ2v) is 10.7. The molecule has 8 heteroatoms. The van der Waals surface area contributed by atoms with Crippen molar-refractivity contribution in [3.05, 3.63) is 41.5 Å². The summed E-state index contributed by atoms with van der Waals surface area (Å²) in [5.74, 6) is 2.04. The van der Waals surface area contributed by atoms with Gasteiger partial charge >= 0.3 is 0 Å². The van der Waals surface area contributed by atoms with Crippen LogP contribution < -0.4 is 5.32 Å². The van der Waals surface area contributed by atoms with Crippen LogP contribution in [0.25, 0.3) is 0 Å². The van der Waals surface area contributed by atoms with Gasteiger partial charge in [0.1, 0.15) is 11.6 Å². The Hall–Kier alpha value is -2.35. The number of aryl methyl sites for hydroxylation is 1. The summed E-state index contributed by atoms with van der Waals surface area (Å²) in [7, 11) is 0. The van der Waals surface area contributed by atoms with E-state index in [0.29, 0.717) is 24.0 Å². The van der Waals surface area contributed by atoms with Crippen molar-refractivity contribution in [1.82, 2.24) is 30.0 Å². The molecule has 1 amide bonds. The number of halogens is 1. The smallest absolute Gasteiger partial charge is 0.223 e. The molecular weight excluding hydrogens is 443 g/mol. The summed E-state index contributed by atoms with van der Waals surface area (Å²) in [5, 5.41) is 12.1. The van der Waals surface area contributed by atoms with Crippen LogP contribution in [0.2, 0.25) is 0 Å². The van der Waals surface area contributed by atoms with Gasteiger partial charge in [0, 0.05) is 42.7 Å². The van der Waals surface area contributed by atoms with E-state index < -0.39 is 5.95 Å². The predicted octanol–water partition coefficient (Wildman–Crippen LogP) is 5.10. The van der Waals surface area contributed by atoms with Gasteiger partial charge < -0.3 is 9.88 Å². The van der Waals surface area contributed by atoms with E-state index in [0.717, 1.165) is 55.9 Å². The zero-order valence-corrected chi connectivity index (χ0v) is 21.9. The zero-order valence-electron chi connectivity index (χ0n) is 21.9. The lowest BCUT2D eigenvalue weighted by molar-refractivity contribution is -0.126. The molecule has 0 radical (unpaired) electrons. The van der Waals surface area contributed by atoms with E-state index in [1.165, 1.54) is 18.9 Å². The minimum absolute atomic E-state index is 0.0000142. The molecule has 2 aliphatic rings. The molecule has 2 unspecified atom stereocenters. The van der Waals surface area contributed by atoms with Crippen LogP contribution in [0.3, 0.4) is 0 Å². The molecule has 0 spiro atoms. The molecular formula is C27H41FN6O. The number of hydrogen-bond donors (Lipinski definition) is 1. The number of fused-ring (bicyclic) bond motifs is 2. The van der Waals surface area contributed by atoms with Crippen LogP contribution in [0, 0.1) is 18.8 Å². The monoisotopic (exact) mass is 484 g/mol. The molecule has 2 aliphatic heterocycles. The highest BCUT2D eigenvalue weighted by Gasteiger charge is 2.42. The summed E-state index contributed by atoms with van der Waals surface area (Å²) >= 11 is 0. The lowest BCUT2D eigenvalue weighted by Gasteiger charge is -2.40. The first kappa shape index (κ1) is 25.7. The normalized spacial score (nSPS) is 23.3. The summed E-state index contributed by atoms with van der Waals surface area (Å²) in [6.45, 7) is 11.4. The zero-order chi connectivity index (χ0) is 25.1. The van der Waals surface area contributed by atoms with Crippen LogP contribution >= 0.6 is 0 Å². The maximum atomic E-state index is 13.5. The van der Waals surface area contributed by atoms with Gasteiger partial charge in [0.2, 0.25) is 11.9 Å². The van der Waals surface area contributed by atoms with Crippen LogP contribution in [0.15, 0.2) is 18.3 Å². The number of hydrogen-bond acceptors (Lipinski definition) is 5. The molecule has 2 fully saturated rings. The quantitative estimate of drug-likeness (QED) is 0.475. The highest BCUT2D eigenvalue weighted by atomic mass is 19.1. The maximum Gasteiger partial charge on any atom is 0.223 e. The van der Waals surface area contributed by atoms with E-state index in [1.807, 2.05) is 13.8 Å². The van der Waals surface area contributed by atoms with Crippen LogP contribution in [0.5, 0.6) is 0 Å². The Morgan fingerprint density at radius 2 is 1.80 bits per heavy atom. The van der Waals surface area contributed by atoms with Crippen LogP contribution in [-0.2, 0) is 4.79 Å². The number of nitrogens with zero attached hydrogens (tertiary/aromatic N) is 5. The van der Waals surface area contributed by atoms with E-state index in [4.69, 9.17) is 0 Å². The van der Waals surface area contributed by atoms with E-state index >= 15 is 0 Å². The van der Waals surface area contributed by atoms with E-state index in [1.54, 1.807) is 12.3 Å². The summed E-state index contributed by atoms with van der Waals surface area (Å²) in [6, 6.07) is 4.48. The number of carbonyl (C=O) groups is 1. The fraction of sp³-hybridized carbons (Fsp3) is 0.704. The molecule has 2 saturated heterocycles. The Labute approximate surface area is 208 Å². The second-order valence-electron chi connectivity index (χ2n) is 10.7. The molecule has 192 valence electrons. The van der Waals surface area contributed by atoms with Crippen molar-refractivity contribution in [1.29, 1.82) is 0 Å². The van der Waals surface area contributed by atoms with Gasteiger partial charge in [-0.05, 0) is 63.5 Å². The fourth-order valence-corrected chi connectivity index (χ4v) is 6.19. The Bertz CT molecular complexity index is 972. The topological polar surface area (TPSA) is 75.9 Å².